The summed E-state index contributed by atoms with van der Waals surface area (Å²) >= 11 is 0. The number of rotatable bonds is 20. The summed E-state index contributed by atoms with van der Waals surface area (Å²) < 4.78 is 64.8. The second-order valence-corrected chi connectivity index (χ2v) is 53.4. The predicted octanol–water partition coefficient (Wildman–Crippen LogP) is 12.2. The fourth-order valence-corrected chi connectivity index (χ4v) is 111. The average molecular weight is 820 g/mol. The van der Waals surface area contributed by atoms with Crippen LogP contribution in [0.25, 0.3) is 0 Å². The third-order valence-corrected chi connectivity index (χ3v) is 86.0. The predicted molar refractivity (Wildman–Crippen MR) is 230 cm³/mol. The molecule has 4 nitrogen and oxygen atoms in total. The third-order valence-electron chi connectivity index (χ3n) is 13.6. The molecule has 0 aliphatic carbocycles. The van der Waals surface area contributed by atoms with E-state index in [-0.39, 0.29) is 5.97 Å². The number of halogens is 3. The van der Waals surface area contributed by atoms with Crippen molar-refractivity contribution >= 4 is 53.5 Å². The Bertz CT molecular complexity index is 1510. The maximum Gasteiger partial charge on any atom is 0.416 e. The molecule has 1 N–H and O–H groups in total. The Morgan fingerprint density at radius 2 is 0.962 bits per heavy atom. The number of benzene rings is 3. The van der Waals surface area contributed by atoms with Crippen LogP contribution in [0.3, 0.4) is 0 Å². The van der Waals surface area contributed by atoms with Gasteiger partial charge >= 0.3 is 6.18 Å². The fraction of sp³-hybridized carbons (Fsp3) is 0.537. The molecule has 0 radical (unpaired) electrons. The zero-order valence-corrected chi connectivity index (χ0v) is 38.8. The van der Waals surface area contributed by atoms with Crippen molar-refractivity contribution in [3.8, 4) is 0 Å². The van der Waals surface area contributed by atoms with Crippen LogP contribution in [0.1, 0.15) is 86.4 Å². The number of nitrogens with one attached hydrogen (secondary N) is 1. The lowest BCUT2D eigenvalue weighted by Gasteiger charge is -2.63. The van der Waals surface area contributed by atoms with E-state index < -0.39 is 60.6 Å². The largest absolute Gasteiger partial charge is 0.527 e. The van der Waals surface area contributed by atoms with E-state index in [1.165, 1.54) is 12.1 Å². The molecule has 3 aromatic carbocycles. The number of carbonyl (C=O) groups excluding carboxylic acids is 1. The second-order valence-electron chi connectivity index (χ2n) is 14.9. The normalized spacial score (nSPS) is 14.5. The smallest absolute Gasteiger partial charge is 0.416 e. The maximum atomic E-state index is 15.5. The molecule has 0 saturated carbocycles. The van der Waals surface area contributed by atoms with Gasteiger partial charge in [0.2, 0.25) is 14.2 Å². The number of alkyl halides is 3. The zero-order chi connectivity index (χ0) is 39.7. The van der Waals surface area contributed by atoms with Crippen LogP contribution in [-0.4, -0.2) is 35.6 Å². The van der Waals surface area contributed by atoms with Crippen molar-refractivity contribution in [2.75, 3.05) is 0 Å². The molecule has 0 fully saturated rings. The first-order valence-electron chi connectivity index (χ1n) is 20.0. The molecular weight excluding hydrogens is 755 g/mol. The first-order chi connectivity index (χ1) is 25.1. The van der Waals surface area contributed by atoms with E-state index in [0.29, 0.717) is 16.2 Å². The molecule has 0 saturated heterocycles. The standard InChI is InChI=1S/C41H65F3NO3PSi4/c1-11-50(12-2,13-3)53(51(14-4,15-5)16-6,52(17-7,18-8)19-9)48-40(46)34(10)39(35-30-32-36(33-31-35)41(42,43)44)45-49(47,37-26-22-20-23-27-37)38-28-24-21-25-29-38/h20-34,39H,11-19H2,1-10H3,(H,45,47). The Balaban J connectivity index is 2.40. The first kappa shape index (κ1) is 45.4. The van der Waals surface area contributed by atoms with Crippen molar-refractivity contribution in [1.29, 1.82) is 0 Å². The molecule has 0 bridgehead atoms. The molecule has 53 heavy (non-hydrogen) atoms. The fourth-order valence-electron chi connectivity index (χ4n) is 10.0. The Hall–Kier alpha value is -2.02. The van der Waals surface area contributed by atoms with Gasteiger partial charge < -0.3 is 4.43 Å². The lowest BCUT2D eigenvalue weighted by Crippen LogP contribution is -2.90. The summed E-state index contributed by atoms with van der Waals surface area (Å²) in [5.74, 6) is -1.10. The van der Waals surface area contributed by atoms with E-state index in [9.17, 15) is 13.2 Å². The van der Waals surface area contributed by atoms with Gasteiger partial charge in [-0.05, 0) is 42.0 Å². The lowest BCUT2D eigenvalue weighted by molar-refractivity contribution is -0.140. The van der Waals surface area contributed by atoms with Crippen molar-refractivity contribution in [2.24, 2.45) is 5.92 Å². The van der Waals surface area contributed by atoms with Crippen molar-refractivity contribution in [1.82, 2.24) is 5.09 Å². The Morgan fingerprint density at radius 3 is 1.26 bits per heavy atom. The van der Waals surface area contributed by atoms with E-state index >= 15 is 9.36 Å². The molecule has 3 rings (SSSR count). The molecule has 0 aromatic heterocycles. The van der Waals surface area contributed by atoms with Gasteiger partial charge in [-0.1, -0.05) is 172 Å². The number of carbonyl (C=O) groups is 1. The van der Waals surface area contributed by atoms with Gasteiger partial charge in [-0.25, -0.2) is 0 Å². The van der Waals surface area contributed by atoms with E-state index in [1.807, 2.05) is 67.6 Å². The van der Waals surface area contributed by atoms with E-state index in [2.05, 4.69) is 67.4 Å². The van der Waals surface area contributed by atoms with Gasteiger partial charge in [0.05, 0.1) is 40.3 Å². The van der Waals surface area contributed by atoms with Gasteiger partial charge in [-0.2, -0.15) is 13.2 Å². The van der Waals surface area contributed by atoms with E-state index in [0.717, 1.165) is 66.5 Å². The van der Waals surface area contributed by atoms with Crippen LogP contribution in [0.4, 0.5) is 13.2 Å². The monoisotopic (exact) mass is 819 g/mol. The molecule has 12 heteroatoms. The number of hydrogen-bond donors (Lipinski definition) is 1. The van der Waals surface area contributed by atoms with Gasteiger partial charge in [-0.15, -0.1) is 0 Å². The summed E-state index contributed by atoms with van der Waals surface area (Å²) in [5.41, 5.74) is -0.295. The third kappa shape index (κ3) is 8.27. The molecule has 0 spiro atoms. The summed E-state index contributed by atoms with van der Waals surface area (Å²) in [5, 5.41) is 4.59. The highest BCUT2D eigenvalue weighted by Gasteiger charge is 2.74. The molecule has 2 unspecified atom stereocenters. The van der Waals surface area contributed by atoms with Crippen molar-refractivity contribution in [3.63, 3.8) is 0 Å². The summed E-state index contributed by atoms with van der Waals surface area (Å²) in [6, 6.07) is 32.2. The quantitative estimate of drug-likeness (QED) is 0.0911. The minimum absolute atomic E-state index is 0.270. The second kappa shape index (κ2) is 18.7. The number of hydrogen-bond acceptors (Lipinski definition) is 3. The Labute approximate surface area is 322 Å². The Kier molecular flexibility index (Phi) is 16.0. The van der Waals surface area contributed by atoms with Gasteiger partial charge in [-0.3, -0.25) is 14.4 Å². The molecular formula is C41H65F3NO3PSi4. The minimum Gasteiger partial charge on any atom is -0.527 e. The van der Waals surface area contributed by atoms with E-state index in [4.69, 9.17) is 4.43 Å². The van der Waals surface area contributed by atoms with Gasteiger partial charge in [0, 0.05) is 10.6 Å². The van der Waals surface area contributed by atoms with Crippen LogP contribution in [0.2, 0.25) is 54.4 Å². The zero-order valence-electron chi connectivity index (χ0n) is 33.9. The summed E-state index contributed by atoms with van der Waals surface area (Å²) in [4.78, 5) is 15.5. The maximum absolute atomic E-state index is 15.5. The SMILES string of the molecule is CC[Si](CC)(CC)[Si](OC(=O)C(C)C(NP(=O)(c1ccccc1)c1ccccc1)c1ccc(C(F)(F)F)cc1)([Si](CC)(CC)CC)[Si](CC)(CC)CC. The van der Waals surface area contributed by atoms with Gasteiger partial charge in [0.1, 0.15) is 0 Å². The highest BCUT2D eigenvalue weighted by atomic mass is 31.2. The van der Waals surface area contributed by atoms with Crippen LogP contribution in [0, 0.1) is 5.92 Å². The van der Waals surface area contributed by atoms with Crippen LogP contribution in [-0.2, 0) is 20.0 Å². The highest BCUT2D eigenvalue weighted by molar-refractivity contribution is 7.88. The highest BCUT2D eigenvalue weighted by Crippen LogP contribution is 2.52. The molecule has 0 aliphatic heterocycles. The average Bonchev–Trinajstić information content (AvgIpc) is 3.19. The van der Waals surface area contributed by atoms with Crippen LogP contribution >= 0.6 is 7.29 Å². The molecule has 3 aromatic rings. The summed E-state index contributed by atoms with van der Waals surface area (Å²) in [6.45, 7) is 20.3. The van der Waals surface area contributed by atoms with E-state index in [1.54, 1.807) is 0 Å². The summed E-state index contributed by atoms with van der Waals surface area (Å²) in [6.07, 6.45) is -4.52. The Morgan fingerprint density at radius 1 is 0.623 bits per heavy atom. The molecule has 0 aliphatic rings. The van der Waals surface area contributed by atoms with Crippen LogP contribution in [0.15, 0.2) is 84.9 Å². The lowest BCUT2D eigenvalue weighted by atomic mass is 9.95. The topological polar surface area (TPSA) is 55.4 Å². The van der Waals surface area contributed by atoms with Crippen molar-refractivity contribution < 1.29 is 27.0 Å². The van der Waals surface area contributed by atoms with Crippen LogP contribution in [0.5, 0.6) is 0 Å². The van der Waals surface area contributed by atoms with Crippen molar-refractivity contribution in [3.05, 3.63) is 96.1 Å². The van der Waals surface area contributed by atoms with Crippen molar-refractivity contribution in [2.45, 2.75) is 136 Å². The minimum atomic E-state index is -4.52. The van der Waals surface area contributed by atoms with Gasteiger partial charge in [0.15, 0.2) is 0 Å². The molecule has 294 valence electrons. The molecule has 2 atom stereocenters. The molecule has 0 amide bonds. The molecule has 0 heterocycles. The van der Waals surface area contributed by atoms with Crippen LogP contribution < -0.4 is 15.7 Å². The summed E-state index contributed by atoms with van der Waals surface area (Å²) in [7, 11) is -10.2. The first-order valence-corrected chi connectivity index (χ1v) is 34.5. The van der Waals surface area contributed by atoms with Gasteiger partial charge in [0.25, 0.3) is 5.97 Å².